The maximum Gasteiger partial charge on any atom is 0.312 e. The van der Waals surface area contributed by atoms with Crippen molar-refractivity contribution in [2.75, 3.05) is 0 Å². The van der Waals surface area contributed by atoms with Gasteiger partial charge in [0.2, 0.25) is 11.8 Å². The smallest absolute Gasteiger partial charge is 0.312 e. The molecule has 0 aliphatic heterocycles. The predicted molar refractivity (Wildman–Crippen MR) is 95.8 cm³/mol. The lowest BCUT2D eigenvalue weighted by molar-refractivity contribution is -0.128. The molecule has 1 aromatic heterocycles. The standard InChI is InChI=1S/C16H17ClN4O3S/c17-11-5-3-10(4-6-11)8-14(22)20-21-15(23)9-12(19-16(18)24)13-2-1-7-25-13/h1-7,12H,8-9H2,(H,20,22)(H,21,23)(H3,18,19,24). The molecule has 4 amide bonds. The van der Waals surface area contributed by atoms with E-state index in [2.05, 4.69) is 16.2 Å². The first-order valence-corrected chi connectivity index (χ1v) is 8.61. The van der Waals surface area contributed by atoms with Crippen LogP contribution in [0.3, 0.4) is 0 Å². The fourth-order valence-corrected chi connectivity index (χ4v) is 3.00. The molecule has 0 spiro atoms. The van der Waals surface area contributed by atoms with Crippen molar-refractivity contribution in [1.82, 2.24) is 16.2 Å². The normalized spacial score (nSPS) is 11.4. The molecule has 1 aromatic carbocycles. The zero-order valence-electron chi connectivity index (χ0n) is 13.1. The number of carbonyl (C=O) groups is 3. The van der Waals surface area contributed by atoms with Crippen LogP contribution in [-0.2, 0) is 16.0 Å². The summed E-state index contributed by atoms with van der Waals surface area (Å²) in [6.07, 6.45) is 0.0516. The number of halogens is 1. The highest BCUT2D eigenvalue weighted by Crippen LogP contribution is 2.21. The van der Waals surface area contributed by atoms with Crippen molar-refractivity contribution in [2.24, 2.45) is 5.73 Å². The summed E-state index contributed by atoms with van der Waals surface area (Å²) < 4.78 is 0. The van der Waals surface area contributed by atoms with E-state index in [1.807, 2.05) is 11.4 Å². The summed E-state index contributed by atoms with van der Waals surface area (Å²) in [5.74, 6) is -0.817. The summed E-state index contributed by atoms with van der Waals surface area (Å²) in [6, 6.07) is 9.15. The number of primary amides is 1. The average molecular weight is 381 g/mol. The second-order valence-corrected chi connectivity index (χ2v) is 6.60. The minimum absolute atomic E-state index is 0.0509. The summed E-state index contributed by atoms with van der Waals surface area (Å²) in [6.45, 7) is 0. The Morgan fingerprint density at radius 2 is 1.76 bits per heavy atom. The average Bonchev–Trinajstić information content (AvgIpc) is 3.08. The number of nitrogens with two attached hydrogens (primary N) is 1. The number of thiophene rings is 1. The summed E-state index contributed by atoms with van der Waals surface area (Å²) in [5.41, 5.74) is 10.6. The van der Waals surface area contributed by atoms with Crippen molar-refractivity contribution in [3.05, 3.63) is 57.2 Å². The van der Waals surface area contributed by atoms with E-state index >= 15 is 0 Å². The van der Waals surface area contributed by atoms with Crippen molar-refractivity contribution in [3.63, 3.8) is 0 Å². The number of carbonyl (C=O) groups excluding carboxylic acids is 3. The molecule has 25 heavy (non-hydrogen) atoms. The Kier molecular flexibility index (Phi) is 6.79. The number of nitrogens with one attached hydrogen (secondary N) is 3. The van der Waals surface area contributed by atoms with Gasteiger partial charge in [0.25, 0.3) is 0 Å². The lowest BCUT2D eigenvalue weighted by atomic mass is 10.1. The summed E-state index contributed by atoms with van der Waals surface area (Å²) in [5, 5.41) is 4.92. The maximum absolute atomic E-state index is 12.0. The van der Waals surface area contributed by atoms with E-state index in [1.165, 1.54) is 11.3 Å². The van der Waals surface area contributed by atoms with E-state index in [-0.39, 0.29) is 18.7 Å². The molecule has 2 rings (SSSR count). The molecule has 0 saturated carbocycles. The number of benzene rings is 1. The van der Waals surface area contributed by atoms with Crippen LogP contribution >= 0.6 is 22.9 Å². The SMILES string of the molecule is NC(=O)NC(CC(=O)NNC(=O)Cc1ccc(Cl)cc1)c1cccs1. The van der Waals surface area contributed by atoms with Gasteiger partial charge >= 0.3 is 6.03 Å². The quantitative estimate of drug-likeness (QED) is 0.574. The highest BCUT2D eigenvalue weighted by atomic mass is 35.5. The Labute approximate surface area is 153 Å². The molecule has 0 saturated heterocycles. The summed E-state index contributed by atoms with van der Waals surface area (Å²) in [7, 11) is 0. The topological polar surface area (TPSA) is 113 Å². The van der Waals surface area contributed by atoms with Crippen LogP contribution < -0.4 is 21.9 Å². The van der Waals surface area contributed by atoms with Gasteiger partial charge in [0.1, 0.15) is 0 Å². The van der Waals surface area contributed by atoms with E-state index in [4.69, 9.17) is 17.3 Å². The van der Waals surface area contributed by atoms with Gasteiger partial charge in [-0.2, -0.15) is 0 Å². The molecule has 0 fully saturated rings. The number of urea groups is 1. The zero-order chi connectivity index (χ0) is 18.2. The number of amides is 4. The molecule has 132 valence electrons. The van der Waals surface area contributed by atoms with E-state index in [0.717, 1.165) is 10.4 Å². The zero-order valence-corrected chi connectivity index (χ0v) is 14.7. The molecule has 0 aliphatic carbocycles. The van der Waals surface area contributed by atoms with E-state index in [0.29, 0.717) is 5.02 Å². The lowest BCUT2D eigenvalue weighted by Crippen LogP contribution is -2.44. The van der Waals surface area contributed by atoms with E-state index in [9.17, 15) is 14.4 Å². The van der Waals surface area contributed by atoms with Crippen LogP contribution in [0.1, 0.15) is 22.9 Å². The Bertz CT molecular complexity index is 734. The Morgan fingerprint density at radius 3 is 2.36 bits per heavy atom. The molecular formula is C16H17ClN4O3S. The number of hydrogen-bond acceptors (Lipinski definition) is 4. The second kappa shape index (κ2) is 9.05. The van der Waals surface area contributed by atoms with Gasteiger partial charge in [-0.05, 0) is 29.1 Å². The molecule has 0 bridgehead atoms. The van der Waals surface area contributed by atoms with Gasteiger partial charge in [0.05, 0.1) is 18.9 Å². The van der Waals surface area contributed by atoms with Gasteiger partial charge in [-0.1, -0.05) is 29.8 Å². The number of hydrazine groups is 1. The van der Waals surface area contributed by atoms with Crippen molar-refractivity contribution >= 4 is 40.8 Å². The van der Waals surface area contributed by atoms with Crippen LogP contribution in [0, 0.1) is 0 Å². The third-order valence-electron chi connectivity index (χ3n) is 3.21. The van der Waals surface area contributed by atoms with E-state index in [1.54, 1.807) is 30.3 Å². The maximum atomic E-state index is 12.0. The molecule has 2 aromatic rings. The minimum Gasteiger partial charge on any atom is -0.352 e. The highest BCUT2D eigenvalue weighted by molar-refractivity contribution is 7.10. The molecule has 5 N–H and O–H groups in total. The number of hydrogen-bond donors (Lipinski definition) is 4. The van der Waals surface area contributed by atoms with Crippen molar-refractivity contribution in [3.8, 4) is 0 Å². The fourth-order valence-electron chi connectivity index (χ4n) is 2.09. The molecule has 7 nitrogen and oxygen atoms in total. The molecule has 1 heterocycles. The van der Waals surface area contributed by atoms with Crippen molar-refractivity contribution in [2.45, 2.75) is 18.9 Å². The van der Waals surface area contributed by atoms with Crippen molar-refractivity contribution < 1.29 is 14.4 Å². The summed E-state index contributed by atoms with van der Waals surface area (Å²) >= 11 is 7.18. The third-order valence-corrected chi connectivity index (χ3v) is 4.45. The van der Waals surface area contributed by atoms with Crippen LogP contribution in [0.15, 0.2) is 41.8 Å². The number of rotatable bonds is 6. The van der Waals surface area contributed by atoms with Gasteiger partial charge in [-0.15, -0.1) is 11.3 Å². The van der Waals surface area contributed by atoms with Gasteiger partial charge in [-0.25, -0.2) is 4.79 Å². The molecule has 1 atom stereocenters. The first-order chi connectivity index (χ1) is 11.9. The van der Waals surface area contributed by atoms with Gasteiger partial charge in [-0.3, -0.25) is 20.4 Å². The Morgan fingerprint density at radius 1 is 1.08 bits per heavy atom. The third kappa shape index (κ3) is 6.44. The van der Waals surface area contributed by atoms with Crippen LogP contribution in [0.25, 0.3) is 0 Å². The van der Waals surface area contributed by atoms with Gasteiger partial charge < -0.3 is 11.1 Å². The second-order valence-electron chi connectivity index (χ2n) is 5.18. The van der Waals surface area contributed by atoms with E-state index < -0.39 is 18.0 Å². The first-order valence-electron chi connectivity index (χ1n) is 7.35. The molecule has 9 heteroatoms. The largest absolute Gasteiger partial charge is 0.352 e. The van der Waals surface area contributed by atoms with Gasteiger partial charge in [0.15, 0.2) is 0 Å². The molecule has 0 radical (unpaired) electrons. The highest BCUT2D eigenvalue weighted by Gasteiger charge is 2.18. The fraction of sp³-hybridized carbons (Fsp3) is 0.188. The minimum atomic E-state index is -0.724. The Balaban J connectivity index is 1.82. The predicted octanol–water partition coefficient (Wildman–Crippen LogP) is 1.89. The lowest BCUT2D eigenvalue weighted by Gasteiger charge is -2.16. The van der Waals surface area contributed by atoms with Crippen LogP contribution in [-0.4, -0.2) is 17.8 Å². The molecular weight excluding hydrogens is 364 g/mol. The van der Waals surface area contributed by atoms with Crippen LogP contribution in [0.2, 0.25) is 5.02 Å². The van der Waals surface area contributed by atoms with Crippen molar-refractivity contribution in [1.29, 1.82) is 0 Å². The Hall–Kier alpha value is -2.58. The van der Waals surface area contributed by atoms with Gasteiger partial charge in [0, 0.05) is 9.90 Å². The monoisotopic (exact) mass is 380 g/mol. The molecule has 1 unspecified atom stereocenters. The van der Waals surface area contributed by atoms with Crippen LogP contribution in [0.4, 0.5) is 4.79 Å². The van der Waals surface area contributed by atoms with Crippen LogP contribution in [0.5, 0.6) is 0 Å². The summed E-state index contributed by atoms with van der Waals surface area (Å²) in [4.78, 5) is 35.7. The first kappa shape index (κ1) is 18.8. The molecule has 0 aliphatic rings.